The molecule has 0 radical (unpaired) electrons. The second kappa shape index (κ2) is 5.76. The Kier molecular flexibility index (Phi) is 4.04. The van der Waals surface area contributed by atoms with Crippen LogP contribution in [0.3, 0.4) is 0 Å². The Labute approximate surface area is 120 Å². The molecule has 1 aromatic rings. The van der Waals surface area contributed by atoms with Gasteiger partial charge in [0, 0.05) is 23.3 Å². The van der Waals surface area contributed by atoms with Gasteiger partial charge < -0.3 is 10.1 Å². The molecule has 2 aliphatic rings. The number of rotatable bonds is 3. The van der Waals surface area contributed by atoms with Crippen molar-refractivity contribution in [3.63, 3.8) is 0 Å². The van der Waals surface area contributed by atoms with E-state index in [9.17, 15) is 0 Å². The summed E-state index contributed by atoms with van der Waals surface area (Å²) in [6.45, 7) is 5.27. The third-order valence-corrected chi connectivity index (χ3v) is 5.68. The van der Waals surface area contributed by atoms with Crippen LogP contribution in [0, 0.1) is 5.41 Å². The van der Waals surface area contributed by atoms with Gasteiger partial charge in [0.15, 0.2) is 0 Å². The lowest BCUT2D eigenvalue weighted by Crippen LogP contribution is -2.31. The predicted octanol–water partition coefficient (Wildman–Crippen LogP) is 3.24. The molecule has 2 heterocycles. The van der Waals surface area contributed by atoms with Gasteiger partial charge in [-0.05, 0) is 43.2 Å². The van der Waals surface area contributed by atoms with Crippen LogP contribution in [-0.4, -0.2) is 24.7 Å². The number of benzene rings is 1. The van der Waals surface area contributed by atoms with Crippen LogP contribution >= 0.6 is 11.8 Å². The predicted molar refractivity (Wildman–Crippen MR) is 82.0 cm³/mol. The van der Waals surface area contributed by atoms with Crippen molar-refractivity contribution in [3.8, 4) is 5.75 Å². The fourth-order valence-electron chi connectivity index (χ4n) is 2.98. The lowest BCUT2D eigenvalue weighted by molar-refractivity contribution is 0.169. The topological polar surface area (TPSA) is 21.3 Å². The van der Waals surface area contributed by atoms with Crippen molar-refractivity contribution in [3.05, 3.63) is 29.3 Å². The van der Waals surface area contributed by atoms with E-state index in [4.69, 9.17) is 4.74 Å². The molecule has 0 amide bonds. The molecule has 0 aliphatic carbocycles. The lowest BCUT2D eigenvalue weighted by atomic mass is 9.88. The van der Waals surface area contributed by atoms with Crippen LogP contribution in [0.5, 0.6) is 5.75 Å². The molecule has 0 bridgehead atoms. The van der Waals surface area contributed by atoms with E-state index in [0.29, 0.717) is 5.41 Å². The highest BCUT2D eigenvalue weighted by Gasteiger charge is 2.28. The monoisotopic (exact) mass is 277 g/mol. The smallest absolute Gasteiger partial charge is 0.124 e. The first-order valence-corrected chi connectivity index (χ1v) is 8.44. The molecule has 0 saturated carbocycles. The van der Waals surface area contributed by atoms with Crippen molar-refractivity contribution in [2.75, 3.05) is 24.7 Å². The summed E-state index contributed by atoms with van der Waals surface area (Å²) in [6, 6.07) is 6.50. The first-order chi connectivity index (χ1) is 9.27. The Morgan fingerprint density at radius 2 is 2.37 bits per heavy atom. The first kappa shape index (κ1) is 13.3. The summed E-state index contributed by atoms with van der Waals surface area (Å²) in [4.78, 5) is 0. The van der Waals surface area contributed by atoms with E-state index in [-0.39, 0.29) is 0 Å². The number of thioether (sulfide) groups is 1. The van der Waals surface area contributed by atoms with Crippen LogP contribution in [-0.2, 0) is 13.0 Å². The number of ether oxygens (including phenoxy) is 1. The highest BCUT2D eigenvalue weighted by molar-refractivity contribution is 7.99. The minimum atomic E-state index is 0.355. The summed E-state index contributed by atoms with van der Waals surface area (Å²) in [5, 5.41) is 3.44. The van der Waals surface area contributed by atoms with E-state index in [1.54, 1.807) is 0 Å². The van der Waals surface area contributed by atoms with E-state index < -0.39 is 0 Å². The van der Waals surface area contributed by atoms with E-state index in [0.717, 1.165) is 31.9 Å². The summed E-state index contributed by atoms with van der Waals surface area (Å²) in [7, 11) is 0. The minimum absolute atomic E-state index is 0.355. The van der Waals surface area contributed by atoms with Gasteiger partial charge in [0.1, 0.15) is 5.75 Å². The summed E-state index contributed by atoms with van der Waals surface area (Å²) in [5.74, 6) is 3.65. The first-order valence-electron chi connectivity index (χ1n) is 7.29. The van der Waals surface area contributed by atoms with Gasteiger partial charge in [-0.15, -0.1) is 0 Å². The van der Waals surface area contributed by atoms with Crippen LogP contribution in [0.2, 0.25) is 0 Å². The average molecular weight is 277 g/mol. The summed E-state index contributed by atoms with van der Waals surface area (Å²) >= 11 is 2.07. The summed E-state index contributed by atoms with van der Waals surface area (Å²) < 4.78 is 6.19. The third-order valence-electron chi connectivity index (χ3n) is 4.20. The van der Waals surface area contributed by atoms with Gasteiger partial charge in [0.25, 0.3) is 0 Å². The number of fused-ring (bicyclic) bond motifs is 1. The lowest BCUT2D eigenvalue weighted by Gasteiger charge is -2.33. The molecule has 1 fully saturated rings. The molecule has 19 heavy (non-hydrogen) atoms. The maximum atomic E-state index is 6.19. The Balaban J connectivity index is 1.69. The van der Waals surface area contributed by atoms with Crippen LogP contribution < -0.4 is 10.1 Å². The van der Waals surface area contributed by atoms with Crippen molar-refractivity contribution >= 4 is 11.8 Å². The fourth-order valence-corrected chi connectivity index (χ4v) is 4.19. The van der Waals surface area contributed by atoms with E-state index in [2.05, 4.69) is 42.2 Å². The number of hydrogen-bond donors (Lipinski definition) is 1. The van der Waals surface area contributed by atoms with Crippen molar-refractivity contribution in [1.82, 2.24) is 5.32 Å². The molecule has 2 aliphatic heterocycles. The van der Waals surface area contributed by atoms with E-state index in [1.165, 1.54) is 35.5 Å². The van der Waals surface area contributed by atoms with Gasteiger partial charge in [0.05, 0.1) is 6.61 Å². The van der Waals surface area contributed by atoms with Crippen LogP contribution in [0.4, 0.5) is 0 Å². The quantitative estimate of drug-likeness (QED) is 0.916. The van der Waals surface area contributed by atoms with Crippen molar-refractivity contribution in [2.45, 2.75) is 32.7 Å². The van der Waals surface area contributed by atoms with Crippen molar-refractivity contribution in [2.24, 2.45) is 5.41 Å². The molecule has 1 N–H and O–H groups in total. The van der Waals surface area contributed by atoms with Crippen molar-refractivity contribution < 1.29 is 4.74 Å². The Hall–Kier alpha value is -0.670. The highest BCUT2D eigenvalue weighted by Crippen LogP contribution is 2.35. The van der Waals surface area contributed by atoms with Gasteiger partial charge in [-0.25, -0.2) is 0 Å². The Morgan fingerprint density at radius 1 is 1.42 bits per heavy atom. The van der Waals surface area contributed by atoms with Crippen molar-refractivity contribution in [1.29, 1.82) is 0 Å². The molecule has 3 heteroatoms. The maximum Gasteiger partial charge on any atom is 0.124 e. The van der Waals surface area contributed by atoms with Gasteiger partial charge in [-0.1, -0.05) is 19.1 Å². The SMILES string of the molecule is CC1(COc2cccc3c2CNCC3)CCCSC1. The van der Waals surface area contributed by atoms with Crippen LogP contribution in [0.25, 0.3) is 0 Å². The van der Waals surface area contributed by atoms with Gasteiger partial charge >= 0.3 is 0 Å². The molecule has 1 aromatic carbocycles. The van der Waals surface area contributed by atoms with Crippen LogP contribution in [0.1, 0.15) is 30.9 Å². The molecule has 1 unspecified atom stereocenters. The largest absolute Gasteiger partial charge is 0.493 e. The molecule has 3 rings (SSSR count). The molecular weight excluding hydrogens is 254 g/mol. The number of hydrogen-bond acceptors (Lipinski definition) is 3. The summed E-state index contributed by atoms with van der Waals surface area (Å²) in [5.41, 5.74) is 3.19. The number of nitrogens with one attached hydrogen (secondary N) is 1. The van der Waals surface area contributed by atoms with E-state index >= 15 is 0 Å². The molecular formula is C16H23NOS. The normalized spacial score (nSPS) is 26.8. The van der Waals surface area contributed by atoms with Gasteiger partial charge in [-0.2, -0.15) is 11.8 Å². The highest BCUT2D eigenvalue weighted by atomic mass is 32.2. The van der Waals surface area contributed by atoms with Gasteiger partial charge in [-0.3, -0.25) is 0 Å². The van der Waals surface area contributed by atoms with Crippen LogP contribution in [0.15, 0.2) is 18.2 Å². The molecule has 0 spiro atoms. The average Bonchev–Trinajstić information content (AvgIpc) is 2.46. The zero-order chi connectivity index (χ0) is 13.1. The molecule has 1 saturated heterocycles. The Morgan fingerprint density at radius 3 is 3.21 bits per heavy atom. The standard InChI is InChI=1S/C16H23NOS/c1-16(7-3-9-19-12-16)11-18-15-5-2-4-13-6-8-17-10-14(13)15/h2,4-5,17H,3,6-12H2,1H3. The molecule has 104 valence electrons. The third kappa shape index (κ3) is 3.09. The Bertz CT molecular complexity index is 440. The minimum Gasteiger partial charge on any atom is -0.493 e. The van der Waals surface area contributed by atoms with Gasteiger partial charge in [0.2, 0.25) is 0 Å². The molecule has 0 aromatic heterocycles. The zero-order valence-electron chi connectivity index (χ0n) is 11.7. The summed E-state index contributed by atoms with van der Waals surface area (Å²) in [6.07, 6.45) is 3.76. The second-order valence-electron chi connectivity index (χ2n) is 6.08. The second-order valence-corrected chi connectivity index (χ2v) is 7.18. The molecule has 1 atom stereocenters. The maximum absolute atomic E-state index is 6.19. The molecule has 2 nitrogen and oxygen atoms in total. The fraction of sp³-hybridized carbons (Fsp3) is 0.625. The zero-order valence-corrected chi connectivity index (χ0v) is 12.5. The van der Waals surface area contributed by atoms with E-state index in [1.807, 2.05) is 0 Å².